The molecule has 1 N–H and O–H groups in total. The van der Waals surface area contributed by atoms with Gasteiger partial charge in [-0.3, -0.25) is 4.90 Å². The number of nitrogens with zero attached hydrogens (tertiary/aromatic N) is 1. The van der Waals surface area contributed by atoms with Crippen molar-refractivity contribution in [2.45, 2.75) is 0 Å². The van der Waals surface area contributed by atoms with Gasteiger partial charge in [0.2, 0.25) is 0 Å². The topological polar surface area (TPSA) is 50.8 Å². The second kappa shape index (κ2) is 7.72. The quantitative estimate of drug-likeness (QED) is 0.733. The Hall–Kier alpha value is -2.63. The lowest BCUT2D eigenvalue weighted by Gasteiger charge is -2.26. The summed E-state index contributed by atoms with van der Waals surface area (Å²) in [5.74, 6) is 0.553. The number of fused-ring (bicyclic) bond motifs is 3. The van der Waals surface area contributed by atoms with Gasteiger partial charge < -0.3 is 14.8 Å². The number of ether oxygens (including phenoxy) is 2. The van der Waals surface area contributed by atoms with Gasteiger partial charge in [-0.25, -0.2) is 4.79 Å². The van der Waals surface area contributed by atoms with Crippen molar-refractivity contribution < 1.29 is 14.3 Å². The highest BCUT2D eigenvalue weighted by atomic mass is 16.6. The van der Waals surface area contributed by atoms with Crippen LogP contribution in [-0.2, 0) is 4.74 Å². The number of benzene rings is 3. The molecule has 5 heteroatoms. The Morgan fingerprint density at radius 3 is 2.58 bits per heavy atom. The van der Waals surface area contributed by atoms with Crippen LogP contribution >= 0.6 is 0 Å². The number of hydrogen-bond acceptors (Lipinski definition) is 4. The number of nitrogens with one attached hydrogen (secondary N) is 1. The first-order valence-electron chi connectivity index (χ1n) is 8.97. The van der Waals surface area contributed by atoms with Crippen LogP contribution in [-0.4, -0.2) is 50.4 Å². The lowest BCUT2D eigenvalue weighted by atomic mass is 10.0. The number of morpholine rings is 1. The minimum Gasteiger partial charge on any atom is -0.410 e. The molecule has 1 heterocycles. The van der Waals surface area contributed by atoms with Crippen LogP contribution in [0, 0.1) is 0 Å². The third-order valence-corrected chi connectivity index (χ3v) is 4.73. The molecule has 0 atom stereocenters. The van der Waals surface area contributed by atoms with Crippen molar-refractivity contribution in [2.24, 2.45) is 0 Å². The molecule has 0 aliphatic carbocycles. The second-order valence-corrected chi connectivity index (χ2v) is 6.44. The molecule has 3 aromatic rings. The number of hydrogen-bond donors (Lipinski definition) is 1. The highest BCUT2D eigenvalue weighted by Gasteiger charge is 2.11. The molecular weight excluding hydrogens is 328 g/mol. The summed E-state index contributed by atoms with van der Waals surface area (Å²) in [5.41, 5.74) is 0. The molecule has 0 unspecified atom stereocenters. The van der Waals surface area contributed by atoms with E-state index in [2.05, 4.69) is 34.5 Å². The van der Waals surface area contributed by atoms with Crippen molar-refractivity contribution in [3.05, 3.63) is 54.6 Å². The van der Waals surface area contributed by atoms with Crippen LogP contribution in [0.5, 0.6) is 5.75 Å². The van der Waals surface area contributed by atoms with Gasteiger partial charge in [0, 0.05) is 26.2 Å². The summed E-state index contributed by atoms with van der Waals surface area (Å²) in [7, 11) is 0. The zero-order valence-electron chi connectivity index (χ0n) is 14.6. The van der Waals surface area contributed by atoms with Gasteiger partial charge >= 0.3 is 6.09 Å². The number of carbonyl (C=O) groups is 1. The van der Waals surface area contributed by atoms with Gasteiger partial charge in [0.05, 0.1) is 13.2 Å². The first-order valence-corrected chi connectivity index (χ1v) is 8.97. The normalized spacial score (nSPS) is 15.2. The fourth-order valence-electron chi connectivity index (χ4n) is 3.33. The van der Waals surface area contributed by atoms with E-state index in [0.717, 1.165) is 49.0 Å². The average molecular weight is 350 g/mol. The molecular formula is C21H22N2O3. The van der Waals surface area contributed by atoms with Crippen LogP contribution in [0.15, 0.2) is 54.6 Å². The van der Waals surface area contributed by atoms with Crippen molar-refractivity contribution in [1.82, 2.24) is 10.2 Å². The Balaban J connectivity index is 1.41. The van der Waals surface area contributed by atoms with E-state index >= 15 is 0 Å². The number of rotatable bonds is 4. The zero-order chi connectivity index (χ0) is 17.8. The number of carbonyl (C=O) groups excluding carboxylic acids is 1. The largest absolute Gasteiger partial charge is 0.412 e. The van der Waals surface area contributed by atoms with E-state index < -0.39 is 6.09 Å². The Labute approximate surface area is 152 Å². The van der Waals surface area contributed by atoms with Crippen molar-refractivity contribution in [1.29, 1.82) is 0 Å². The molecule has 1 aliphatic heterocycles. The summed E-state index contributed by atoms with van der Waals surface area (Å²) >= 11 is 0. The molecule has 1 amide bonds. The summed E-state index contributed by atoms with van der Waals surface area (Å²) < 4.78 is 10.8. The van der Waals surface area contributed by atoms with E-state index in [-0.39, 0.29) is 0 Å². The van der Waals surface area contributed by atoms with E-state index in [9.17, 15) is 4.79 Å². The predicted octanol–water partition coefficient (Wildman–Crippen LogP) is 3.41. The number of amides is 1. The molecule has 0 bridgehead atoms. The van der Waals surface area contributed by atoms with Gasteiger partial charge in [0.1, 0.15) is 5.75 Å². The predicted molar refractivity (Wildman–Crippen MR) is 103 cm³/mol. The van der Waals surface area contributed by atoms with E-state index in [4.69, 9.17) is 9.47 Å². The molecule has 26 heavy (non-hydrogen) atoms. The van der Waals surface area contributed by atoms with Gasteiger partial charge in [-0.05, 0) is 33.7 Å². The first kappa shape index (κ1) is 16.8. The van der Waals surface area contributed by atoms with Gasteiger partial charge in [0.15, 0.2) is 0 Å². The van der Waals surface area contributed by atoms with E-state index in [1.54, 1.807) is 0 Å². The Bertz CT molecular complexity index is 919. The molecule has 1 aliphatic rings. The SMILES string of the molecule is O=C(NCCN1CCOCC1)Oc1ccc2ccc3ccccc3c2c1. The zero-order valence-corrected chi connectivity index (χ0v) is 14.6. The molecule has 0 spiro atoms. The molecule has 0 radical (unpaired) electrons. The van der Waals surface area contributed by atoms with Crippen LogP contribution in [0.1, 0.15) is 0 Å². The first-order chi connectivity index (χ1) is 12.8. The summed E-state index contributed by atoms with van der Waals surface area (Å²) in [6.45, 7) is 4.71. The smallest absolute Gasteiger partial charge is 0.410 e. The van der Waals surface area contributed by atoms with Crippen LogP contribution in [0.3, 0.4) is 0 Å². The van der Waals surface area contributed by atoms with Gasteiger partial charge in [-0.15, -0.1) is 0 Å². The highest BCUT2D eigenvalue weighted by Crippen LogP contribution is 2.28. The third-order valence-electron chi connectivity index (χ3n) is 4.73. The Morgan fingerprint density at radius 2 is 1.73 bits per heavy atom. The van der Waals surface area contributed by atoms with Gasteiger partial charge in [0.25, 0.3) is 0 Å². The Kier molecular flexibility index (Phi) is 5.00. The standard InChI is InChI=1S/C21H22N2O3/c24-21(22-9-10-23-11-13-25-14-12-23)26-18-8-7-17-6-5-16-3-1-2-4-19(16)20(17)15-18/h1-8,15H,9-14H2,(H,22,24). The summed E-state index contributed by atoms with van der Waals surface area (Å²) in [5, 5.41) is 7.36. The monoisotopic (exact) mass is 350 g/mol. The molecule has 0 saturated carbocycles. The average Bonchev–Trinajstić information content (AvgIpc) is 2.69. The molecule has 134 valence electrons. The fourth-order valence-corrected chi connectivity index (χ4v) is 3.33. The molecule has 0 aromatic heterocycles. The minimum atomic E-state index is -0.419. The molecule has 1 fully saturated rings. The van der Waals surface area contributed by atoms with E-state index in [1.165, 1.54) is 5.39 Å². The third kappa shape index (κ3) is 3.79. The minimum absolute atomic E-state index is 0.419. The summed E-state index contributed by atoms with van der Waals surface area (Å²) in [6, 6.07) is 18.2. The molecule has 4 rings (SSSR count). The van der Waals surface area contributed by atoms with Gasteiger partial charge in [-0.1, -0.05) is 42.5 Å². The van der Waals surface area contributed by atoms with E-state index in [1.807, 2.05) is 30.3 Å². The van der Waals surface area contributed by atoms with Crippen LogP contribution in [0.25, 0.3) is 21.5 Å². The summed E-state index contributed by atoms with van der Waals surface area (Å²) in [6.07, 6.45) is -0.419. The maximum absolute atomic E-state index is 12.1. The maximum Gasteiger partial charge on any atom is 0.412 e. The summed E-state index contributed by atoms with van der Waals surface area (Å²) in [4.78, 5) is 14.3. The van der Waals surface area contributed by atoms with Crippen molar-refractivity contribution in [3.63, 3.8) is 0 Å². The van der Waals surface area contributed by atoms with E-state index in [0.29, 0.717) is 12.3 Å². The van der Waals surface area contributed by atoms with Crippen molar-refractivity contribution in [2.75, 3.05) is 39.4 Å². The highest BCUT2D eigenvalue weighted by molar-refractivity contribution is 6.07. The van der Waals surface area contributed by atoms with Crippen LogP contribution < -0.4 is 10.1 Å². The second-order valence-electron chi connectivity index (χ2n) is 6.44. The van der Waals surface area contributed by atoms with Crippen molar-refractivity contribution >= 4 is 27.6 Å². The maximum atomic E-state index is 12.1. The lowest BCUT2D eigenvalue weighted by Crippen LogP contribution is -2.41. The molecule has 5 nitrogen and oxygen atoms in total. The fraction of sp³-hybridized carbons (Fsp3) is 0.286. The van der Waals surface area contributed by atoms with Crippen LogP contribution in [0.2, 0.25) is 0 Å². The molecule has 1 saturated heterocycles. The van der Waals surface area contributed by atoms with Crippen LogP contribution in [0.4, 0.5) is 4.79 Å². The Morgan fingerprint density at radius 1 is 1.00 bits per heavy atom. The van der Waals surface area contributed by atoms with Crippen molar-refractivity contribution in [3.8, 4) is 5.75 Å². The molecule has 3 aromatic carbocycles. The lowest BCUT2D eigenvalue weighted by molar-refractivity contribution is 0.0385. The van der Waals surface area contributed by atoms with Gasteiger partial charge in [-0.2, -0.15) is 0 Å².